The molecule has 1 aliphatic rings. The average molecular weight is 493 g/mol. The standard InChI is InChI=1S/C25H24N4O5S/c1-5-34-24(31)21-15(2)26-25-28(22(21)17-7-6-8-19(14-17)29(32)33)23(30)20(35-25)13-16-9-11-18(12-10-16)27(3)4/h6-14,22H,5H2,1-4H3/b20-13+/t22-/m0/s1. The predicted octanol–water partition coefficient (Wildman–Crippen LogP) is 2.77. The van der Waals surface area contributed by atoms with Gasteiger partial charge in [0, 0.05) is 31.9 Å². The van der Waals surface area contributed by atoms with Gasteiger partial charge >= 0.3 is 5.97 Å². The van der Waals surface area contributed by atoms with Crippen LogP contribution in [0.4, 0.5) is 11.4 Å². The number of anilines is 1. The molecule has 1 aromatic heterocycles. The van der Waals surface area contributed by atoms with Crippen molar-refractivity contribution in [2.75, 3.05) is 25.6 Å². The lowest BCUT2D eigenvalue weighted by atomic mass is 9.95. The molecule has 0 fully saturated rings. The van der Waals surface area contributed by atoms with Gasteiger partial charge in [-0.1, -0.05) is 35.6 Å². The van der Waals surface area contributed by atoms with Gasteiger partial charge in [-0.25, -0.2) is 9.79 Å². The highest BCUT2D eigenvalue weighted by Crippen LogP contribution is 2.32. The molecule has 2 aromatic carbocycles. The highest BCUT2D eigenvalue weighted by molar-refractivity contribution is 7.07. The number of thiazole rings is 1. The summed E-state index contributed by atoms with van der Waals surface area (Å²) in [5.74, 6) is -0.612. The number of hydrogen-bond acceptors (Lipinski definition) is 8. The van der Waals surface area contributed by atoms with Gasteiger partial charge in [-0.05, 0) is 43.2 Å². The van der Waals surface area contributed by atoms with Crippen LogP contribution in [0.2, 0.25) is 0 Å². The summed E-state index contributed by atoms with van der Waals surface area (Å²) in [6.07, 6.45) is 1.77. The fourth-order valence-corrected chi connectivity index (χ4v) is 4.98. The van der Waals surface area contributed by atoms with E-state index in [4.69, 9.17) is 4.74 Å². The first-order valence-corrected chi connectivity index (χ1v) is 11.7. The number of nitro benzene ring substituents is 1. The molecule has 0 unspecified atom stereocenters. The van der Waals surface area contributed by atoms with E-state index in [1.54, 1.807) is 26.0 Å². The second-order valence-corrected chi connectivity index (χ2v) is 9.15. The predicted molar refractivity (Wildman–Crippen MR) is 134 cm³/mol. The van der Waals surface area contributed by atoms with E-state index in [1.165, 1.54) is 34.1 Å². The van der Waals surface area contributed by atoms with Gasteiger partial charge in [0.25, 0.3) is 11.2 Å². The van der Waals surface area contributed by atoms with E-state index in [0.29, 0.717) is 20.6 Å². The number of nitrogens with zero attached hydrogens (tertiary/aromatic N) is 4. The minimum atomic E-state index is -0.900. The summed E-state index contributed by atoms with van der Waals surface area (Å²) >= 11 is 1.20. The molecule has 0 saturated heterocycles. The zero-order valence-electron chi connectivity index (χ0n) is 19.7. The van der Waals surface area contributed by atoms with Crippen LogP contribution in [0.3, 0.4) is 0 Å². The number of rotatable bonds is 6. The number of ether oxygens (including phenoxy) is 1. The summed E-state index contributed by atoms with van der Waals surface area (Å²) in [6, 6.07) is 12.8. The molecular weight excluding hydrogens is 468 g/mol. The maximum absolute atomic E-state index is 13.6. The summed E-state index contributed by atoms with van der Waals surface area (Å²) in [5, 5.41) is 11.4. The number of hydrogen-bond donors (Lipinski definition) is 0. The maximum atomic E-state index is 13.6. The molecule has 0 spiro atoms. The molecule has 0 saturated carbocycles. The van der Waals surface area contributed by atoms with Crippen molar-refractivity contribution in [2.24, 2.45) is 4.99 Å². The zero-order valence-corrected chi connectivity index (χ0v) is 20.5. The molecule has 3 aromatic rings. The van der Waals surface area contributed by atoms with Gasteiger partial charge in [-0.3, -0.25) is 19.5 Å². The van der Waals surface area contributed by atoms with E-state index in [-0.39, 0.29) is 23.4 Å². The second-order valence-electron chi connectivity index (χ2n) is 8.14. The van der Waals surface area contributed by atoms with E-state index < -0.39 is 16.9 Å². The van der Waals surface area contributed by atoms with E-state index >= 15 is 0 Å². The van der Waals surface area contributed by atoms with Gasteiger partial charge in [-0.15, -0.1) is 0 Å². The summed E-state index contributed by atoms with van der Waals surface area (Å²) in [7, 11) is 3.90. The van der Waals surface area contributed by atoms with Gasteiger partial charge in [0.1, 0.15) is 0 Å². The van der Waals surface area contributed by atoms with Gasteiger partial charge in [0.15, 0.2) is 4.80 Å². The summed E-state index contributed by atoms with van der Waals surface area (Å²) in [5.41, 5.74) is 2.42. The number of aromatic nitrogens is 1. The van der Waals surface area contributed by atoms with Crippen LogP contribution in [0.25, 0.3) is 6.08 Å². The van der Waals surface area contributed by atoms with E-state index in [9.17, 15) is 19.7 Å². The summed E-state index contributed by atoms with van der Waals surface area (Å²) in [4.78, 5) is 44.3. The molecule has 0 aliphatic carbocycles. The molecule has 180 valence electrons. The van der Waals surface area contributed by atoms with Crippen molar-refractivity contribution in [1.29, 1.82) is 0 Å². The van der Waals surface area contributed by atoms with Crippen LogP contribution in [0.5, 0.6) is 0 Å². The van der Waals surface area contributed by atoms with E-state index in [0.717, 1.165) is 11.3 Å². The molecule has 35 heavy (non-hydrogen) atoms. The van der Waals surface area contributed by atoms with Crippen molar-refractivity contribution in [3.8, 4) is 0 Å². The molecule has 9 nitrogen and oxygen atoms in total. The Hall–Kier alpha value is -4.05. The Balaban J connectivity index is 1.92. The van der Waals surface area contributed by atoms with E-state index in [2.05, 4.69) is 4.99 Å². The first kappa shape index (κ1) is 24.1. The lowest BCUT2D eigenvalue weighted by Gasteiger charge is -2.24. The highest BCUT2D eigenvalue weighted by atomic mass is 32.1. The topological polar surface area (TPSA) is 107 Å². The van der Waals surface area contributed by atoms with Gasteiger partial charge < -0.3 is 9.64 Å². The quantitative estimate of drug-likeness (QED) is 0.298. The number of esters is 1. The Morgan fingerprint density at radius 3 is 2.60 bits per heavy atom. The van der Waals surface area contributed by atoms with Crippen LogP contribution in [0.15, 0.2) is 69.6 Å². The van der Waals surface area contributed by atoms with Crippen LogP contribution in [-0.2, 0) is 9.53 Å². The number of carbonyl (C=O) groups excluding carboxylic acids is 1. The molecule has 1 atom stereocenters. The third-order valence-corrected chi connectivity index (χ3v) is 6.60. The minimum absolute atomic E-state index is 0.136. The number of benzene rings is 2. The Kier molecular flexibility index (Phi) is 6.65. The van der Waals surface area contributed by atoms with Crippen molar-refractivity contribution < 1.29 is 14.5 Å². The molecule has 0 amide bonds. The Bertz CT molecular complexity index is 1520. The van der Waals surface area contributed by atoms with Crippen LogP contribution >= 0.6 is 11.3 Å². The third kappa shape index (κ3) is 4.65. The van der Waals surface area contributed by atoms with E-state index in [1.807, 2.05) is 43.3 Å². The lowest BCUT2D eigenvalue weighted by molar-refractivity contribution is -0.384. The number of nitro groups is 1. The molecule has 0 N–H and O–H groups in total. The molecule has 2 heterocycles. The lowest BCUT2D eigenvalue weighted by Crippen LogP contribution is -2.40. The first-order chi connectivity index (χ1) is 16.7. The second kappa shape index (κ2) is 9.67. The Labute approximate surface area is 205 Å². The molecule has 0 radical (unpaired) electrons. The van der Waals surface area contributed by atoms with Crippen LogP contribution in [0.1, 0.15) is 31.0 Å². The highest BCUT2D eigenvalue weighted by Gasteiger charge is 2.34. The Morgan fingerprint density at radius 2 is 1.97 bits per heavy atom. The van der Waals surface area contributed by atoms with Gasteiger partial charge in [-0.2, -0.15) is 0 Å². The SMILES string of the molecule is CCOC(=O)C1=C(C)N=c2s/c(=C/c3ccc(N(C)C)cc3)c(=O)n2[C@H]1c1cccc([N+](=O)[O-])c1. The average Bonchev–Trinajstić information content (AvgIpc) is 3.13. The van der Waals surface area contributed by atoms with Crippen molar-refractivity contribution in [3.63, 3.8) is 0 Å². The molecule has 1 aliphatic heterocycles. The first-order valence-electron chi connectivity index (χ1n) is 10.9. The normalized spacial score (nSPS) is 15.4. The molecule has 10 heteroatoms. The monoisotopic (exact) mass is 492 g/mol. The number of carbonyl (C=O) groups is 1. The van der Waals surface area contributed by atoms with Crippen LogP contribution in [0, 0.1) is 10.1 Å². The molecule has 0 bridgehead atoms. The molecule has 4 rings (SSSR count). The third-order valence-electron chi connectivity index (χ3n) is 5.62. The van der Waals surface area contributed by atoms with Crippen LogP contribution < -0.4 is 19.8 Å². The summed E-state index contributed by atoms with van der Waals surface area (Å²) < 4.78 is 7.11. The van der Waals surface area contributed by atoms with Crippen molar-refractivity contribution in [3.05, 3.63) is 101 Å². The van der Waals surface area contributed by atoms with Crippen molar-refractivity contribution >= 4 is 34.8 Å². The fourth-order valence-electron chi connectivity index (χ4n) is 3.94. The van der Waals surface area contributed by atoms with Gasteiger partial charge in [0.05, 0.1) is 33.4 Å². The van der Waals surface area contributed by atoms with Crippen molar-refractivity contribution in [2.45, 2.75) is 19.9 Å². The smallest absolute Gasteiger partial charge is 0.338 e. The summed E-state index contributed by atoms with van der Waals surface area (Å²) in [6.45, 7) is 3.51. The minimum Gasteiger partial charge on any atom is -0.463 e. The van der Waals surface area contributed by atoms with Crippen molar-refractivity contribution in [1.82, 2.24) is 4.57 Å². The number of fused-ring (bicyclic) bond motifs is 1. The number of allylic oxidation sites excluding steroid dienone is 1. The number of non-ortho nitro benzene ring substituents is 1. The Morgan fingerprint density at radius 1 is 1.26 bits per heavy atom. The van der Waals surface area contributed by atoms with Gasteiger partial charge in [0.2, 0.25) is 0 Å². The fraction of sp³-hybridized carbons (Fsp3) is 0.240. The van der Waals surface area contributed by atoms with Crippen LogP contribution in [-0.4, -0.2) is 36.2 Å². The molecular formula is C25H24N4O5S. The zero-order chi connectivity index (χ0) is 25.3. The largest absolute Gasteiger partial charge is 0.463 e. The maximum Gasteiger partial charge on any atom is 0.338 e.